The molecule has 0 aliphatic carbocycles. The second-order valence-electron chi connectivity index (χ2n) is 6.15. The van der Waals surface area contributed by atoms with Gasteiger partial charge in [-0.15, -0.1) is 4.91 Å². The molecule has 1 amide bonds. The molecule has 136 valence electrons. The molecule has 3 rings (SSSR count). The molecule has 1 heterocycles. The first-order valence-electron chi connectivity index (χ1n) is 8.04. The Morgan fingerprint density at radius 3 is 2.42 bits per heavy atom. The van der Waals surface area contributed by atoms with Gasteiger partial charge in [0.1, 0.15) is 5.69 Å². The third kappa shape index (κ3) is 3.53. The van der Waals surface area contributed by atoms with Crippen LogP contribution in [0.25, 0.3) is 0 Å². The fourth-order valence-corrected chi connectivity index (χ4v) is 3.29. The van der Waals surface area contributed by atoms with Gasteiger partial charge in [-0.1, -0.05) is 11.6 Å². The number of rotatable bonds is 3. The summed E-state index contributed by atoms with van der Waals surface area (Å²) in [6.45, 7) is 3.40. The molecule has 1 saturated heterocycles. The quantitative estimate of drug-likeness (QED) is 0.588. The average molecular weight is 380 g/mol. The van der Waals surface area contributed by atoms with Gasteiger partial charge in [-0.2, -0.15) is 0 Å². The summed E-state index contributed by atoms with van der Waals surface area (Å²) in [5.41, 5.74) is 1.22. The standard InChI is InChI=1S/C18H16ClF2N3O2/c1-11-10-23(13-4-2-12(22-26)3-5-13)6-7-24(11)18(25)14-8-16(20)17(21)9-15(14)19/h2-5,8-9,11H,6-7,10H2,1H3. The molecule has 1 unspecified atom stereocenters. The number of benzene rings is 2. The maximum Gasteiger partial charge on any atom is 0.255 e. The first kappa shape index (κ1) is 18.3. The minimum atomic E-state index is -1.10. The lowest BCUT2D eigenvalue weighted by molar-refractivity contribution is 0.0673. The van der Waals surface area contributed by atoms with Crippen molar-refractivity contribution in [1.82, 2.24) is 4.90 Å². The summed E-state index contributed by atoms with van der Waals surface area (Å²) in [4.78, 5) is 26.9. The van der Waals surface area contributed by atoms with Crippen molar-refractivity contribution in [2.24, 2.45) is 5.18 Å². The van der Waals surface area contributed by atoms with Crippen molar-refractivity contribution in [2.75, 3.05) is 24.5 Å². The summed E-state index contributed by atoms with van der Waals surface area (Å²) in [5, 5.41) is 2.76. The van der Waals surface area contributed by atoms with Crippen molar-refractivity contribution in [1.29, 1.82) is 0 Å². The second kappa shape index (κ2) is 7.37. The monoisotopic (exact) mass is 379 g/mol. The zero-order valence-electron chi connectivity index (χ0n) is 14.0. The predicted octanol–water partition coefficient (Wildman–Crippen LogP) is 4.37. The molecule has 5 nitrogen and oxygen atoms in total. The van der Waals surface area contributed by atoms with E-state index < -0.39 is 17.5 Å². The largest absolute Gasteiger partial charge is 0.368 e. The Labute approximate surface area is 154 Å². The van der Waals surface area contributed by atoms with E-state index in [4.69, 9.17) is 11.6 Å². The van der Waals surface area contributed by atoms with Crippen LogP contribution in [0.2, 0.25) is 5.02 Å². The molecule has 0 bridgehead atoms. The first-order chi connectivity index (χ1) is 12.4. The molecule has 1 aliphatic rings. The predicted molar refractivity (Wildman–Crippen MR) is 96.0 cm³/mol. The third-order valence-corrected chi connectivity index (χ3v) is 4.76. The van der Waals surface area contributed by atoms with E-state index in [1.165, 1.54) is 0 Å². The number of hydrogen-bond acceptors (Lipinski definition) is 4. The molecule has 0 aromatic heterocycles. The van der Waals surface area contributed by atoms with E-state index in [0.717, 1.165) is 17.8 Å². The summed E-state index contributed by atoms with van der Waals surface area (Å²) < 4.78 is 26.7. The van der Waals surface area contributed by atoms with Crippen molar-refractivity contribution in [3.8, 4) is 0 Å². The van der Waals surface area contributed by atoms with Crippen LogP contribution in [0.15, 0.2) is 41.6 Å². The van der Waals surface area contributed by atoms with Gasteiger partial charge < -0.3 is 9.80 Å². The lowest BCUT2D eigenvalue weighted by atomic mass is 10.1. The summed E-state index contributed by atoms with van der Waals surface area (Å²) in [6, 6.07) is 8.35. The van der Waals surface area contributed by atoms with Gasteiger partial charge >= 0.3 is 0 Å². The van der Waals surface area contributed by atoms with Gasteiger partial charge in [0.15, 0.2) is 11.6 Å². The summed E-state index contributed by atoms with van der Waals surface area (Å²) in [6.07, 6.45) is 0. The lowest BCUT2D eigenvalue weighted by Crippen LogP contribution is -2.54. The van der Waals surface area contributed by atoms with E-state index in [-0.39, 0.29) is 16.6 Å². The molecule has 0 saturated carbocycles. The lowest BCUT2D eigenvalue weighted by Gasteiger charge is -2.41. The number of anilines is 1. The van der Waals surface area contributed by atoms with Gasteiger partial charge in [-0.3, -0.25) is 4.79 Å². The SMILES string of the molecule is CC1CN(c2ccc(N=O)cc2)CCN1C(=O)c1cc(F)c(F)cc1Cl. The van der Waals surface area contributed by atoms with Crippen LogP contribution in [0.4, 0.5) is 20.2 Å². The molecular weight excluding hydrogens is 364 g/mol. The van der Waals surface area contributed by atoms with Gasteiger partial charge in [0.2, 0.25) is 0 Å². The molecule has 1 atom stereocenters. The Kier molecular flexibility index (Phi) is 5.18. The minimum absolute atomic E-state index is 0.0488. The molecule has 8 heteroatoms. The van der Waals surface area contributed by atoms with E-state index in [1.54, 1.807) is 29.2 Å². The highest BCUT2D eigenvalue weighted by atomic mass is 35.5. The zero-order chi connectivity index (χ0) is 18.8. The molecule has 26 heavy (non-hydrogen) atoms. The van der Waals surface area contributed by atoms with Crippen LogP contribution in [-0.2, 0) is 0 Å². The van der Waals surface area contributed by atoms with Crippen molar-refractivity contribution in [3.63, 3.8) is 0 Å². The van der Waals surface area contributed by atoms with E-state index in [0.29, 0.717) is 25.3 Å². The van der Waals surface area contributed by atoms with Gasteiger partial charge in [0.05, 0.1) is 10.6 Å². The topological polar surface area (TPSA) is 53.0 Å². The Morgan fingerprint density at radius 1 is 1.15 bits per heavy atom. The van der Waals surface area contributed by atoms with Crippen LogP contribution >= 0.6 is 11.6 Å². The third-order valence-electron chi connectivity index (χ3n) is 4.45. The van der Waals surface area contributed by atoms with Crippen LogP contribution in [-0.4, -0.2) is 36.5 Å². The van der Waals surface area contributed by atoms with Crippen LogP contribution in [0, 0.1) is 16.5 Å². The smallest absolute Gasteiger partial charge is 0.255 e. The number of nitrogens with zero attached hydrogens (tertiary/aromatic N) is 3. The number of nitroso groups, excluding NO2 is 1. The molecule has 2 aromatic carbocycles. The molecule has 1 aliphatic heterocycles. The number of carbonyl (C=O) groups excluding carboxylic acids is 1. The fraction of sp³-hybridized carbons (Fsp3) is 0.278. The van der Waals surface area contributed by atoms with Gasteiger partial charge in [-0.25, -0.2) is 8.78 Å². The summed E-state index contributed by atoms with van der Waals surface area (Å²) >= 11 is 5.92. The summed E-state index contributed by atoms with van der Waals surface area (Å²) in [7, 11) is 0. The summed E-state index contributed by atoms with van der Waals surface area (Å²) in [5.74, 6) is -2.62. The number of halogens is 3. The second-order valence-corrected chi connectivity index (χ2v) is 6.55. The van der Waals surface area contributed by atoms with E-state index in [2.05, 4.69) is 10.1 Å². The number of piperazine rings is 1. The first-order valence-corrected chi connectivity index (χ1v) is 8.42. The number of amides is 1. The number of carbonyl (C=O) groups is 1. The van der Waals surface area contributed by atoms with Crippen LogP contribution in [0.5, 0.6) is 0 Å². The minimum Gasteiger partial charge on any atom is -0.368 e. The highest BCUT2D eigenvalue weighted by Crippen LogP contribution is 2.26. The molecule has 0 N–H and O–H groups in total. The van der Waals surface area contributed by atoms with Crippen molar-refractivity contribution < 1.29 is 13.6 Å². The van der Waals surface area contributed by atoms with Gasteiger partial charge in [0.25, 0.3) is 5.91 Å². The Bertz CT molecular complexity index is 845. The molecule has 0 radical (unpaired) electrons. The Morgan fingerprint density at radius 2 is 1.81 bits per heavy atom. The maximum absolute atomic E-state index is 13.5. The van der Waals surface area contributed by atoms with Crippen molar-refractivity contribution >= 4 is 28.9 Å². The van der Waals surface area contributed by atoms with Crippen molar-refractivity contribution in [3.05, 3.63) is 63.5 Å². The fourth-order valence-electron chi connectivity index (χ4n) is 3.06. The molecular formula is C18H16ClF2N3O2. The Hall–Kier alpha value is -2.54. The molecule has 1 fully saturated rings. The highest BCUT2D eigenvalue weighted by Gasteiger charge is 2.30. The van der Waals surface area contributed by atoms with Crippen molar-refractivity contribution in [2.45, 2.75) is 13.0 Å². The van der Waals surface area contributed by atoms with E-state index in [1.807, 2.05) is 6.92 Å². The van der Waals surface area contributed by atoms with Gasteiger partial charge in [-0.05, 0) is 48.5 Å². The normalized spacial score (nSPS) is 17.3. The highest BCUT2D eigenvalue weighted by molar-refractivity contribution is 6.33. The van der Waals surface area contributed by atoms with Crippen LogP contribution in [0.3, 0.4) is 0 Å². The van der Waals surface area contributed by atoms with E-state index >= 15 is 0 Å². The van der Waals surface area contributed by atoms with E-state index in [9.17, 15) is 18.5 Å². The van der Waals surface area contributed by atoms with Gasteiger partial charge in [0, 0.05) is 31.4 Å². The number of hydrogen-bond donors (Lipinski definition) is 0. The Balaban J connectivity index is 1.75. The molecule has 2 aromatic rings. The average Bonchev–Trinajstić information content (AvgIpc) is 2.64. The molecule has 0 spiro atoms. The van der Waals surface area contributed by atoms with Crippen LogP contribution < -0.4 is 4.90 Å². The zero-order valence-corrected chi connectivity index (χ0v) is 14.7. The van der Waals surface area contributed by atoms with Crippen LogP contribution in [0.1, 0.15) is 17.3 Å². The maximum atomic E-state index is 13.5.